The number of aryl methyl sites for hydroxylation is 1. The highest BCUT2D eigenvalue weighted by Gasteiger charge is 2.15. The van der Waals surface area contributed by atoms with E-state index in [2.05, 4.69) is 25.1 Å². The molecule has 3 aromatic rings. The Balaban J connectivity index is 2.03. The van der Waals surface area contributed by atoms with Gasteiger partial charge in [0.05, 0.1) is 0 Å². The predicted octanol–water partition coefficient (Wildman–Crippen LogP) is 1.48. The Morgan fingerprint density at radius 1 is 1.11 bits per heavy atom. The van der Waals surface area contributed by atoms with Gasteiger partial charge >= 0.3 is 0 Å². The van der Waals surface area contributed by atoms with E-state index in [0.29, 0.717) is 17.2 Å². The third kappa shape index (κ3) is 2.13. The molecule has 19 heavy (non-hydrogen) atoms. The van der Waals surface area contributed by atoms with Crippen molar-refractivity contribution in [2.24, 2.45) is 0 Å². The predicted molar refractivity (Wildman–Crippen MR) is 67.7 cm³/mol. The molecule has 0 aliphatic rings. The standard InChI is InChI=1S/C12H10N6O/c1-7-2-3-14-8(6-7)11-17-12(19-18-11)9-10(13)16-5-4-15-9/h2-6H,1H3,(H2,13,16). The van der Waals surface area contributed by atoms with Gasteiger partial charge in [-0.3, -0.25) is 4.98 Å². The molecule has 3 aromatic heterocycles. The van der Waals surface area contributed by atoms with Crippen molar-refractivity contribution in [3.8, 4) is 23.1 Å². The van der Waals surface area contributed by atoms with Gasteiger partial charge in [0.1, 0.15) is 5.69 Å². The van der Waals surface area contributed by atoms with E-state index in [-0.39, 0.29) is 11.7 Å². The van der Waals surface area contributed by atoms with Crippen molar-refractivity contribution in [3.63, 3.8) is 0 Å². The third-order valence-corrected chi connectivity index (χ3v) is 2.50. The maximum absolute atomic E-state index is 5.71. The average molecular weight is 254 g/mol. The van der Waals surface area contributed by atoms with E-state index in [1.165, 1.54) is 12.4 Å². The minimum absolute atomic E-state index is 0.226. The summed E-state index contributed by atoms with van der Waals surface area (Å²) in [4.78, 5) is 16.4. The summed E-state index contributed by atoms with van der Waals surface area (Å²) in [5, 5.41) is 3.87. The van der Waals surface area contributed by atoms with Crippen LogP contribution in [0.1, 0.15) is 5.56 Å². The summed E-state index contributed by atoms with van der Waals surface area (Å²) < 4.78 is 5.14. The highest BCUT2D eigenvalue weighted by molar-refractivity contribution is 5.63. The minimum atomic E-state index is 0.226. The van der Waals surface area contributed by atoms with Crippen LogP contribution in [-0.2, 0) is 0 Å². The molecular weight excluding hydrogens is 244 g/mol. The van der Waals surface area contributed by atoms with Gasteiger partial charge < -0.3 is 10.3 Å². The van der Waals surface area contributed by atoms with Crippen LogP contribution in [0.2, 0.25) is 0 Å². The summed E-state index contributed by atoms with van der Waals surface area (Å²) >= 11 is 0. The van der Waals surface area contributed by atoms with Gasteiger partial charge in [0, 0.05) is 18.6 Å². The maximum Gasteiger partial charge on any atom is 0.280 e. The molecule has 0 saturated carbocycles. The number of hydrogen-bond donors (Lipinski definition) is 1. The molecular formula is C12H10N6O. The van der Waals surface area contributed by atoms with Crippen molar-refractivity contribution in [1.29, 1.82) is 0 Å². The monoisotopic (exact) mass is 254 g/mol. The first-order valence-corrected chi connectivity index (χ1v) is 5.57. The summed E-state index contributed by atoms with van der Waals surface area (Å²) in [6.07, 6.45) is 4.70. The van der Waals surface area contributed by atoms with E-state index in [9.17, 15) is 0 Å². The Bertz CT molecular complexity index is 723. The zero-order valence-electron chi connectivity index (χ0n) is 10.1. The number of nitrogens with zero attached hydrogens (tertiary/aromatic N) is 5. The van der Waals surface area contributed by atoms with Crippen LogP contribution in [0.4, 0.5) is 5.82 Å². The lowest BCUT2D eigenvalue weighted by Gasteiger charge is -1.96. The van der Waals surface area contributed by atoms with Crippen molar-refractivity contribution in [2.45, 2.75) is 6.92 Å². The molecule has 0 atom stereocenters. The van der Waals surface area contributed by atoms with Crippen LogP contribution in [0.15, 0.2) is 35.2 Å². The molecule has 0 aliphatic carbocycles. The Hall–Kier alpha value is -2.83. The van der Waals surface area contributed by atoms with Crippen molar-refractivity contribution >= 4 is 5.82 Å². The highest BCUT2D eigenvalue weighted by Crippen LogP contribution is 2.22. The van der Waals surface area contributed by atoms with Gasteiger partial charge in [-0.1, -0.05) is 5.16 Å². The molecule has 0 aromatic carbocycles. The lowest BCUT2D eigenvalue weighted by Crippen LogP contribution is -1.96. The van der Waals surface area contributed by atoms with Gasteiger partial charge in [-0.2, -0.15) is 4.98 Å². The van der Waals surface area contributed by atoms with Gasteiger partial charge in [0.2, 0.25) is 5.82 Å². The van der Waals surface area contributed by atoms with Crippen LogP contribution in [-0.4, -0.2) is 25.1 Å². The summed E-state index contributed by atoms with van der Waals surface area (Å²) in [6.45, 7) is 1.97. The van der Waals surface area contributed by atoms with Crippen molar-refractivity contribution in [2.75, 3.05) is 5.73 Å². The number of hydrogen-bond acceptors (Lipinski definition) is 7. The van der Waals surface area contributed by atoms with Gasteiger partial charge in [-0.05, 0) is 24.6 Å². The largest absolute Gasteiger partial charge is 0.382 e. The molecule has 0 amide bonds. The Labute approximate surface area is 108 Å². The van der Waals surface area contributed by atoms with E-state index >= 15 is 0 Å². The smallest absolute Gasteiger partial charge is 0.280 e. The number of nitrogens with two attached hydrogens (primary N) is 1. The molecule has 7 nitrogen and oxygen atoms in total. The second-order valence-corrected chi connectivity index (χ2v) is 3.93. The molecule has 3 rings (SSSR count). The van der Waals surface area contributed by atoms with Crippen LogP contribution < -0.4 is 5.73 Å². The van der Waals surface area contributed by atoms with E-state index in [0.717, 1.165) is 5.56 Å². The number of pyridine rings is 1. The number of anilines is 1. The fourth-order valence-electron chi connectivity index (χ4n) is 1.60. The van der Waals surface area contributed by atoms with Gasteiger partial charge in [-0.25, -0.2) is 9.97 Å². The summed E-state index contributed by atoms with van der Waals surface area (Å²) in [5.74, 6) is 0.863. The van der Waals surface area contributed by atoms with Crippen LogP contribution in [0.5, 0.6) is 0 Å². The fraction of sp³-hybridized carbons (Fsp3) is 0.0833. The normalized spacial score (nSPS) is 10.6. The third-order valence-electron chi connectivity index (χ3n) is 2.50. The first-order valence-electron chi connectivity index (χ1n) is 5.57. The lowest BCUT2D eigenvalue weighted by atomic mass is 10.2. The highest BCUT2D eigenvalue weighted by atomic mass is 16.5. The molecule has 94 valence electrons. The second-order valence-electron chi connectivity index (χ2n) is 3.93. The van der Waals surface area contributed by atoms with E-state index in [1.54, 1.807) is 6.20 Å². The lowest BCUT2D eigenvalue weighted by molar-refractivity contribution is 0.431. The number of aromatic nitrogens is 5. The minimum Gasteiger partial charge on any atom is -0.382 e. The van der Waals surface area contributed by atoms with Crippen molar-refractivity contribution < 1.29 is 4.52 Å². The van der Waals surface area contributed by atoms with Crippen LogP contribution >= 0.6 is 0 Å². The average Bonchev–Trinajstić information content (AvgIpc) is 2.89. The molecule has 0 bridgehead atoms. The molecule has 3 heterocycles. The zero-order chi connectivity index (χ0) is 13.2. The molecule has 0 aliphatic heterocycles. The molecule has 0 spiro atoms. The second kappa shape index (κ2) is 4.45. The SMILES string of the molecule is Cc1ccnc(-c2noc(-c3nccnc3N)n2)c1. The number of nitrogen functional groups attached to an aromatic ring is 1. The van der Waals surface area contributed by atoms with E-state index in [1.807, 2.05) is 19.1 Å². The summed E-state index contributed by atoms with van der Waals surface area (Å²) in [6, 6.07) is 3.76. The van der Waals surface area contributed by atoms with Crippen LogP contribution in [0.3, 0.4) is 0 Å². The quantitative estimate of drug-likeness (QED) is 0.738. The Kier molecular flexibility index (Phi) is 2.64. The van der Waals surface area contributed by atoms with Crippen LogP contribution in [0, 0.1) is 6.92 Å². The topological polar surface area (TPSA) is 104 Å². The molecule has 7 heteroatoms. The zero-order valence-corrected chi connectivity index (χ0v) is 10.1. The van der Waals surface area contributed by atoms with Crippen molar-refractivity contribution in [3.05, 3.63) is 36.3 Å². The first-order chi connectivity index (χ1) is 9.24. The Morgan fingerprint density at radius 3 is 2.74 bits per heavy atom. The van der Waals surface area contributed by atoms with E-state index < -0.39 is 0 Å². The first kappa shape index (κ1) is 11.3. The van der Waals surface area contributed by atoms with Gasteiger partial charge in [0.25, 0.3) is 5.89 Å². The Morgan fingerprint density at radius 2 is 1.95 bits per heavy atom. The maximum atomic E-state index is 5.71. The fourth-order valence-corrected chi connectivity index (χ4v) is 1.60. The van der Waals surface area contributed by atoms with Crippen molar-refractivity contribution in [1.82, 2.24) is 25.1 Å². The van der Waals surface area contributed by atoms with Gasteiger partial charge in [-0.15, -0.1) is 0 Å². The molecule has 0 unspecified atom stereocenters. The van der Waals surface area contributed by atoms with E-state index in [4.69, 9.17) is 10.3 Å². The molecule has 0 fully saturated rings. The summed E-state index contributed by atoms with van der Waals surface area (Å²) in [7, 11) is 0. The molecule has 2 N–H and O–H groups in total. The van der Waals surface area contributed by atoms with Crippen LogP contribution in [0.25, 0.3) is 23.1 Å². The van der Waals surface area contributed by atoms with Gasteiger partial charge in [0.15, 0.2) is 11.5 Å². The number of rotatable bonds is 2. The molecule has 0 saturated heterocycles. The molecule has 0 radical (unpaired) electrons. The summed E-state index contributed by atoms with van der Waals surface area (Å²) in [5.41, 5.74) is 7.78.